The minimum absolute atomic E-state index is 0.200. The van der Waals surface area contributed by atoms with E-state index in [4.69, 9.17) is 15.2 Å². The molecular formula is C17H18FNO3. The van der Waals surface area contributed by atoms with Crippen molar-refractivity contribution in [3.05, 3.63) is 59.4 Å². The van der Waals surface area contributed by atoms with Gasteiger partial charge in [0.1, 0.15) is 18.2 Å². The summed E-state index contributed by atoms with van der Waals surface area (Å²) < 4.78 is 23.6. The van der Waals surface area contributed by atoms with Crippen molar-refractivity contribution in [1.29, 1.82) is 0 Å². The van der Waals surface area contributed by atoms with E-state index in [-0.39, 0.29) is 18.5 Å². The molecule has 2 N–H and O–H groups in total. The van der Waals surface area contributed by atoms with Gasteiger partial charge in [-0.3, -0.25) is 0 Å². The van der Waals surface area contributed by atoms with Crippen molar-refractivity contribution in [3.63, 3.8) is 0 Å². The van der Waals surface area contributed by atoms with Gasteiger partial charge in [0.05, 0.1) is 17.4 Å². The first-order valence-electron chi connectivity index (χ1n) is 6.93. The minimum Gasteiger partial charge on any atom is -0.487 e. The molecule has 5 heteroatoms. The Bertz CT molecular complexity index is 653. The maximum Gasteiger partial charge on any atom is 0.338 e. The summed E-state index contributed by atoms with van der Waals surface area (Å²) in [5.74, 6) is -0.342. The Morgan fingerprint density at radius 2 is 1.86 bits per heavy atom. The molecule has 22 heavy (non-hydrogen) atoms. The quantitative estimate of drug-likeness (QED) is 0.678. The second-order valence-electron chi connectivity index (χ2n) is 5.12. The normalized spacial score (nSPS) is 10.5. The molecule has 0 amide bonds. The molecule has 2 aromatic carbocycles. The smallest absolute Gasteiger partial charge is 0.338 e. The van der Waals surface area contributed by atoms with Gasteiger partial charge >= 0.3 is 5.97 Å². The van der Waals surface area contributed by atoms with E-state index in [0.717, 1.165) is 5.56 Å². The summed E-state index contributed by atoms with van der Waals surface area (Å²) in [4.78, 5) is 11.9. The van der Waals surface area contributed by atoms with Crippen molar-refractivity contribution in [3.8, 4) is 5.75 Å². The third-order valence-electron chi connectivity index (χ3n) is 2.90. The molecule has 0 aliphatic carbocycles. The fourth-order valence-electron chi connectivity index (χ4n) is 1.81. The Morgan fingerprint density at radius 1 is 1.18 bits per heavy atom. The molecular weight excluding hydrogens is 285 g/mol. The zero-order valence-electron chi connectivity index (χ0n) is 12.5. The van der Waals surface area contributed by atoms with Gasteiger partial charge in [0, 0.05) is 0 Å². The van der Waals surface area contributed by atoms with Gasteiger partial charge in [-0.25, -0.2) is 9.18 Å². The average Bonchev–Trinajstić information content (AvgIpc) is 2.47. The van der Waals surface area contributed by atoms with Gasteiger partial charge in [0.2, 0.25) is 0 Å². The number of ether oxygens (including phenoxy) is 2. The van der Waals surface area contributed by atoms with Crippen LogP contribution in [0.25, 0.3) is 0 Å². The van der Waals surface area contributed by atoms with Gasteiger partial charge in [0.25, 0.3) is 0 Å². The lowest BCUT2D eigenvalue weighted by molar-refractivity contribution is 0.0377. The number of nitrogen functional groups attached to an aromatic ring is 1. The first-order chi connectivity index (χ1) is 10.5. The van der Waals surface area contributed by atoms with Gasteiger partial charge in [0.15, 0.2) is 0 Å². The Morgan fingerprint density at radius 3 is 2.50 bits per heavy atom. The highest BCUT2D eigenvalue weighted by molar-refractivity contribution is 5.90. The van der Waals surface area contributed by atoms with Crippen molar-refractivity contribution in [2.75, 3.05) is 5.73 Å². The van der Waals surface area contributed by atoms with E-state index in [1.807, 2.05) is 0 Å². The van der Waals surface area contributed by atoms with E-state index in [1.165, 1.54) is 12.1 Å². The number of benzene rings is 2. The van der Waals surface area contributed by atoms with Crippen LogP contribution in [0.4, 0.5) is 10.1 Å². The molecule has 0 fully saturated rings. The van der Waals surface area contributed by atoms with E-state index in [9.17, 15) is 9.18 Å². The molecule has 0 atom stereocenters. The summed E-state index contributed by atoms with van der Waals surface area (Å²) in [6.45, 7) is 3.79. The molecule has 0 spiro atoms. The van der Waals surface area contributed by atoms with Crippen LogP contribution in [-0.2, 0) is 11.3 Å². The number of halogens is 1. The number of carbonyl (C=O) groups is 1. The molecule has 0 aliphatic heterocycles. The zero-order chi connectivity index (χ0) is 16.1. The van der Waals surface area contributed by atoms with E-state index in [2.05, 4.69) is 0 Å². The lowest BCUT2D eigenvalue weighted by Gasteiger charge is -2.12. The second-order valence-corrected chi connectivity index (χ2v) is 5.12. The third-order valence-corrected chi connectivity index (χ3v) is 2.90. The first-order valence-corrected chi connectivity index (χ1v) is 6.93. The zero-order valence-corrected chi connectivity index (χ0v) is 12.5. The molecule has 0 unspecified atom stereocenters. The van der Waals surface area contributed by atoms with E-state index in [1.54, 1.807) is 44.2 Å². The van der Waals surface area contributed by atoms with Gasteiger partial charge in [-0.15, -0.1) is 0 Å². The summed E-state index contributed by atoms with van der Waals surface area (Å²) in [6.07, 6.45) is -0.200. The molecule has 0 heterocycles. The molecule has 0 saturated heterocycles. The third kappa shape index (κ3) is 4.22. The summed E-state index contributed by atoms with van der Waals surface area (Å²) in [6, 6.07) is 10.7. The summed E-state index contributed by atoms with van der Waals surface area (Å²) in [5.41, 5.74) is 7.44. The second kappa shape index (κ2) is 6.93. The molecule has 4 nitrogen and oxygen atoms in total. The minimum atomic E-state index is -0.429. The first kappa shape index (κ1) is 15.8. The fourth-order valence-corrected chi connectivity index (χ4v) is 1.81. The summed E-state index contributed by atoms with van der Waals surface area (Å²) in [7, 11) is 0. The van der Waals surface area contributed by atoms with E-state index >= 15 is 0 Å². The summed E-state index contributed by atoms with van der Waals surface area (Å²) in [5, 5.41) is 0. The molecule has 2 aromatic rings. The number of carbonyl (C=O) groups excluding carboxylic acids is 1. The maximum absolute atomic E-state index is 12.8. The van der Waals surface area contributed by atoms with Crippen LogP contribution in [0.2, 0.25) is 0 Å². The largest absolute Gasteiger partial charge is 0.487 e. The highest BCUT2D eigenvalue weighted by Gasteiger charge is 2.12. The van der Waals surface area contributed by atoms with Crippen LogP contribution in [-0.4, -0.2) is 12.1 Å². The standard InChI is InChI=1S/C17H18FNO3/c1-11(2)22-17(20)13-5-8-15(19)16(9-13)21-10-12-3-6-14(18)7-4-12/h3-9,11H,10,19H2,1-2H3. The summed E-state index contributed by atoms with van der Waals surface area (Å²) >= 11 is 0. The fraction of sp³-hybridized carbons (Fsp3) is 0.235. The lowest BCUT2D eigenvalue weighted by Crippen LogP contribution is -2.12. The highest BCUT2D eigenvalue weighted by atomic mass is 19.1. The van der Waals surface area contributed by atoms with Crippen LogP contribution in [0, 0.1) is 5.82 Å². The van der Waals surface area contributed by atoms with Gasteiger partial charge in [-0.05, 0) is 49.7 Å². The number of hydrogen-bond donors (Lipinski definition) is 1. The van der Waals surface area contributed by atoms with Crippen LogP contribution < -0.4 is 10.5 Å². The van der Waals surface area contributed by atoms with Crippen molar-refractivity contribution < 1.29 is 18.7 Å². The number of anilines is 1. The van der Waals surface area contributed by atoms with Crippen molar-refractivity contribution in [1.82, 2.24) is 0 Å². The number of rotatable bonds is 5. The van der Waals surface area contributed by atoms with Crippen molar-refractivity contribution >= 4 is 11.7 Å². The average molecular weight is 303 g/mol. The molecule has 0 bridgehead atoms. The number of hydrogen-bond acceptors (Lipinski definition) is 4. The van der Waals surface area contributed by atoms with E-state index < -0.39 is 5.97 Å². The van der Waals surface area contributed by atoms with Crippen LogP contribution in [0.15, 0.2) is 42.5 Å². The van der Waals surface area contributed by atoms with Gasteiger partial charge in [-0.2, -0.15) is 0 Å². The van der Waals surface area contributed by atoms with Crippen LogP contribution in [0.3, 0.4) is 0 Å². The topological polar surface area (TPSA) is 61.5 Å². The Labute approximate surface area is 128 Å². The molecule has 0 aromatic heterocycles. The molecule has 116 valence electrons. The van der Waals surface area contributed by atoms with E-state index in [0.29, 0.717) is 17.0 Å². The predicted molar refractivity (Wildman–Crippen MR) is 82.1 cm³/mol. The maximum atomic E-state index is 12.8. The van der Waals surface area contributed by atoms with Crippen LogP contribution in [0.5, 0.6) is 5.75 Å². The Kier molecular flexibility index (Phi) is 4.99. The lowest BCUT2D eigenvalue weighted by atomic mass is 10.2. The van der Waals surface area contributed by atoms with Gasteiger partial charge < -0.3 is 15.2 Å². The number of esters is 1. The molecule has 2 rings (SSSR count). The number of nitrogens with two attached hydrogens (primary N) is 1. The highest BCUT2D eigenvalue weighted by Crippen LogP contribution is 2.24. The molecule has 0 saturated carbocycles. The monoisotopic (exact) mass is 303 g/mol. The SMILES string of the molecule is CC(C)OC(=O)c1ccc(N)c(OCc2ccc(F)cc2)c1. The predicted octanol–water partition coefficient (Wildman–Crippen LogP) is 3.55. The molecule has 0 aliphatic rings. The van der Waals surface area contributed by atoms with Gasteiger partial charge in [-0.1, -0.05) is 12.1 Å². The van der Waals surface area contributed by atoms with Crippen LogP contribution in [0.1, 0.15) is 29.8 Å². The van der Waals surface area contributed by atoms with Crippen molar-refractivity contribution in [2.24, 2.45) is 0 Å². The van der Waals surface area contributed by atoms with Crippen LogP contribution >= 0.6 is 0 Å². The van der Waals surface area contributed by atoms with Crippen molar-refractivity contribution in [2.45, 2.75) is 26.6 Å². The molecule has 0 radical (unpaired) electrons. The Hall–Kier alpha value is -2.56. The Balaban J connectivity index is 2.09.